The van der Waals surface area contributed by atoms with Crippen LogP contribution >= 0.6 is 0 Å². The van der Waals surface area contributed by atoms with Crippen molar-refractivity contribution in [2.24, 2.45) is 7.05 Å². The van der Waals surface area contributed by atoms with Gasteiger partial charge in [0.1, 0.15) is 5.56 Å². The Morgan fingerprint density at radius 3 is 2.67 bits per heavy atom. The lowest BCUT2D eigenvalue weighted by atomic mass is 10.1. The van der Waals surface area contributed by atoms with Gasteiger partial charge in [-0.2, -0.15) is 5.10 Å². The fraction of sp³-hybridized carbons (Fsp3) is 0.267. The molecule has 6 heteroatoms. The molecule has 2 N–H and O–H groups in total. The maximum atomic E-state index is 12.4. The first-order valence-corrected chi connectivity index (χ1v) is 6.50. The van der Waals surface area contributed by atoms with Crippen LogP contribution in [0.2, 0.25) is 0 Å². The van der Waals surface area contributed by atoms with Crippen molar-refractivity contribution in [1.82, 2.24) is 9.78 Å². The van der Waals surface area contributed by atoms with Gasteiger partial charge < -0.3 is 10.4 Å². The second-order valence-corrected chi connectivity index (χ2v) is 4.78. The first kappa shape index (κ1) is 14.9. The summed E-state index contributed by atoms with van der Waals surface area (Å²) in [5.74, 6) is -0.500. The summed E-state index contributed by atoms with van der Waals surface area (Å²) in [5.41, 5.74) is 1.87. The van der Waals surface area contributed by atoms with Crippen LogP contribution in [-0.4, -0.2) is 20.8 Å². The zero-order valence-corrected chi connectivity index (χ0v) is 12.2. The Labute approximate surface area is 122 Å². The van der Waals surface area contributed by atoms with Crippen molar-refractivity contribution in [3.63, 3.8) is 0 Å². The predicted octanol–water partition coefficient (Wildman–Crippen LogP) is 1.14. The van der Waals surface area contributed by atoms with Crippen molar-refractivity contribution in [3.8, 4) is 0 Å². The lowest BCUT2D eigenvalue weighted by molar-refractivity contribution is 0.102. The fourth-order valence-corrected chi connectivity index (χ4v) is 2.08. The van der Waals surface area contributed by atoms with Crippen LogP contribution in [-0.2, 0) is 13.7 Å². The number of aliphatic hydroxyl groups excluding tert-OH is 1. The second kappa shape index (κ2) is 5.88. The number of nitrogens with zero attached hydrogens (tertiary/aromatic N) is 2. The van der Waals surface area contributed by atoms with E-state index in [4.69, 9.17) is 0 Å². The molecule has 0 spiro atoms. The standard InChI is InChI=1S/C15H17N3O3/c1-9-10(2)17-18(3)15(21)13(9)14(20)16-12-7-5-4-6-11(12)8-19/h4-7,19H,8H2,1-3H3,(H,16,20). The van der Waals surface area contributed by atoms with E-state index in [9.17, 15) is 14.7 Å². The minimum absolute atomic E-state index is 0.0674. The van der Waals surface area contributed by atoms with Gasteiger partial charge in [0.25, 0.3) is 11.5 Å². The number of aliphatic hydroxyl groups is 1. The van der Waals surface area contributed by atoms with Crippen LogP contribution in [0.4, 0.5) is 5.69 Å². The minimum Gasteiger partial charge on any atom is -0.392 e. The summed E-state index contributed by atoms with van der Waals surface area (Å²) in [5, 5.41) is 16.0. The SMILES string of the molecule is Cc1nn(C)c(=O)c(C(=O)Nc2ccccc2CO)c1C. The van der Waals surface area contributed by atoms with Crippen LogP contribution in [0.3, 0.4) is 0 Å². The van der Waals surface area contributed by atoms with Gasteiger partial charge >= 0.3 is 0 Å². The van der Waals surface area contributed by atoms with E-state index < -0.39 is 11.5 Å². The number of carbonyl (C=O) groups excluding carboxylic acids is 1. The number of aromatic nitrogens is 2. The van der Waals surface area contributed by atoms with E-state index in [1.807, 2.05) is 0 Å². The van der Waals surface area contributed by atoms with Crippen molar-refractivity contribution in [3.05, 3.63) is 57.0 Å². The van der Waals surface area contributed by atoms with Crippen LogP contribution in [0, 0.1) is 13.8 Å². The molecule has 0 aliphatic carbocycles. The van der Waals surface area contributed by atoms with Gasteiger partial charge in [0.2, 0.25) is 0 Å². The number of para-hydroxylation sites is 1. The summed E-state index contributed by atoms with van der Waals surface area (Å²) in [7, 11) is 1.51. The number of anilines is 1. The normalized spacial score (nSPS) is 10.5. The summed E-state index contributed by atoms with van der Waals surface area (Å²) in [6, 6.07) is 6.90. The summed E-state index contributed by atoms with van der Waals surface area (Å²) in [6.45, 7) is 3.24. The van der Waals surface area contributed by atoms with Gasteiger partial charge in [-0.25, -0.2) is 4.68 Å². The van der Waals surface area contributed by atoms with Crippen LogP contribution in [0.15, 0.2) is 29.1 Å². The van der Waals surface area contributed by atoms with Crippen LogP contribution in [0.5, 0.6) is 0 Å². The average molecular weight is 287 g/mol. The molecule has 0 aliphatic heterocycles. The molecule has 0 saturated carbocycles. The lowest BCUT2D eigenvalue weighted by Crippen LogP contribution is -2.31. The van der Waals surface area contributed by atoms with E-state index in [2.05, 4.69) is 10.4 Å². The van der Waals surface area contributed by atoms with Gasteiger partial charge in [0, 0.05) is 18.3 Å². The molecule has 110 valence electrons. The van der Waals surface area contributed by atoms with E-state index in [1.54, 1.807) is 38.1 Å². The van der Waals surface area contributed by atoms with E-state index in [0.717, 1.165) is 4.68 Å². The molecule has 0 saturated heterocycles. The largest absolute Gasteiger partial charge is 0.392 e. The van der Waals surface area contributed by atoms with Crippen molar-refractivity contribution in [2.45, 2.75) is 20.5 Å². The Balaban J connectivity index is 2.45. The zero-order chi connectivity index (χ0) is 15.6. The molecular formula is C15H17N3O3. The van der Waals surface area contributed by atoms with Gasteiger partial charge in [0.05, 0.1) is 12.3 Å². The van der Waals surface area contributed by atoms with Crippen molar-refractivity contribution in [2.75, 3.05) is 5.32 Å². The maximum Gasteiger partial charge on any atom is 0.279 e. The molecule has 1 heterocycles. The first-order chi connectivity index (χ1) is 9.95. The fourth-order valence-electron chi connectivity index (χ4n) is 2.08. The third kappa shape index (κ3) is 2.85. The molecule has 0 radical (unpaired) electrons. The number of nitrogens with one attached hydrogen (secondary N) is 1. The Morgan fingerprint density at radius 1 is 1.33 bits per heavy atom. The highest BCUT2D eigenvalue weighted by molar-refractivity contribution is 6.05. The number of hydrogen-bond acceptors (Lipinski definition) is 4. The third-order valence-corrected chi connectivity index (χ3v) is 3.39. The first-order valence-electron chi connectivity index (χ1n) is 6.50. The molecule has 2 aromatic rings. The molecule has 0 bridgehead atoms. The van der Waals surface area contributed by atoms with Crippen LogP contribution < -0.4 is 10.9 Å². The van der Waals surface area contributed by atoms with Gasteiger partial charge in [0.15, 0.2) is 0 Å². The Bertz CT molecular complexity index is 750. The monoisotopic (exact) mass is 287 g/mol. The molecular weight excluding hydrogens is 270 g/mol. The maximum absolute atomic E-state index is 12.4. The quantitative estimate of drug-likeness (QED) is 0.886. The lowest BCUT2D eigenvalue weighted by Gasteiger charge is -2.12. The highest BCUT2D eigenvalue weighted by Crippen LogP contribution is 2.16. The summed E-state index contributed by atoms with van der Waals surface area (Å²) < 4.78 is 1.15. The van der Waals surface area contributed by atoms with Crippen molar-refractivity contribution >= 4 is 11.6 Å². The summed E-state index contributed by atoms with van der Waals surface area (Å²) >= 11 is 0. The number of rotatable bonds is 3. The minimum atomic E-state index is -0.500. The van der Waals surface area contributed by atoms with Gasteiger partial charge in [-0.05, 0) is 25.5 Å². The third-order valence-electron chi connectivity index (χ3n) is 3.39. The van der Waals surface area contributed by atoms with Gasteiger partial charge in [-0.15, -0.1) is 0 Å². The van der Waals surface area contributed by atoms with Crippen molar-refractivity contribution in [1.29, 1.82) is 0 Å². The molecule has 0 unspecified atom stereocenters. The highest BCUT2D eigenvalue weighted by atomic mass is 16.3. The van der Waals surface area contributed by atoms with Crippen LogP contribution in [0.25, 0.3) is 0 Å². The molecule has 6 nitrogen and oxygen atoms in total. The Morgan fingerprint density at radius 2 is 2.00 bits per heavy atom. The number of aryl methyl sites for hydroxylation is 2. The number of benzene rings is 1. The Hall–Kier alpha value is -2.47. The molecule has 21 heavy (non-hydrogen) atoms. The second-order valence-electron chi connectivity index (χ2n) is 4.78. The van der Waals surface area contributed by atoms with Crippen LogP contribution in [0.1, 0.15) is 27.2 Å². The number of amides is 1. The smallest absolute Gasteiger partial charge is 0.279 e. The molecule has 0 fully saturated rings. The Kier molecular flexibility index (Phi) is 4.18. The zero-order valence-electron chi connectivity index (χ0n) is 12.2. The molecule has 2 rings (SSSR count). The molecule has 0 aliphatic rings. The average Bonchev–Trinajstić information content (AvgIpc) is 2.46. The molecule has 0 atom stereocenters. The predicted molar refractivity (Wildman–Crippen MR) is 79.3 cm³/mol. The van der Waals surface area contributed by atoms with E-state index in [1.165, 1.54) is 7.05 Å². The topological polar surface area (TPSA) is 84.2 Å². The molecule has 1 aromatic heterocycles. The van der Waals surface area contributed by atoms with Crippen molar-refractivity contribution < 1.29 is 9.90 Å². The van der Waals surface area contributed by atoms with Gasteiger partial charge in [-0.1, -0.05) is 18.2 Å². The van der Waals surface area contributed by atoms with E-state index in [-0.39, 0.29) is 12.2 Å². The highest BCUT2D eigenvalue weighted by Gasteiger charge is 2.18. The van der Waals surface area contributed by atoms with E-state index in [0.29, 0.717) is 22.5 Å². The summed E-state index contributed by atoms with van der Waals surface area (Å²) in [4.78, 5) is 24.5. The molecule has 1 aromatic carbocycles. The van der Waals surface area contributed by atoms with E-state index >= 15 is 0 Å². The number of hydrogen-bond donors (Lipinski definition) is 2. The molecule has 1 amide bonds. The summed E-state index contributed by atoms with van der Waals surface area (Å²) in [6.07, 6.45) is 0. The van der Waals surface area contributed by atoms with Gasteiger partial charge in [-0.3, -0.25) is 9.59 Å². The number of carbonyl (C=O) groups is 1.